The lowest BCUT2D eigenvalue weighted by atomic mass is 10.3. The summed E-state index contributed by atoms with van der Waals surface area (Å²) < 4.78 is 47.0. The van der Waals surface area contributed by atoms with Gasteiger partial charge < -0.3 is 18.3 Å². The summed E-state index contributed by atoms with van der Waals surface area (Å²) in [5.41, 5.74) is 0. The highest BCUT2D eigenvalue weighted by Crippen LogP contribution is 2.48. The molecule has 0 spiro atoms. The summed E-state index contributed by atoms with van der Waals surface area (Å²) in [6, 6.07) is 6.02. The molecule has 0 amide bonds. The topological polar surface area (TPSA) is 74.3 Å². The molecule has 2 rings (SSSR count). The molecule has 1 heterocycles. The number of ether oxygens (including phenoxy) is 1. The van der Waals surface area contributed by atoms with Crippen molar-refractivity contribution < 1.29 is 26.7 Å². The molecule has 0 atom stereocenters. The van der Waals surface area contributed by atoms with Gasteiger partial charge in [0.15, 0.2) is 0 Å². The molecule has 1 aromatic rings. The van der Waals surface area contributed by atoms with Gasteiger partial charge in [0.25, 0.3) is 0 Å². The van der Waals surface area contributed by atoms with Gasteiger partial charge in [0.2, 0.25) is 10.0 Å². The van der Waals surface area contributed by atoms with E-state index >= 15 is 0 Å². The van der Waals surface area contributed by atoms with Crippen molar-refractivity contribution in [2.45, 2.75) is 4.90 Å². The summed E-state index contributed by atoms with van der Waals surface area (Å²) in [6.07, 6.45) is 0. The van der Waals surface area contributed by atoms with Gasteiger partial charge in [-0.2, -0.15) is 4.31 Å². The standard InChI is InChI=1S/C12H18NO6PS2/c1-16-20(21,17-2)19-11-3-5-12(6-4-11)22(14,15)13-7-9-18-10-8-13/h3-6H,7-10H2,1-2H3. The Kier molecular flexibility index (Phi) is 5.95. The molecule has 22 heavy (non-hydrogen) atoms. The van der Waals surface area contributed by atoms with Crippen LogP contribution < -0.4 is 4.52 Å². The normalized spacial score (nSPS) is 17.4. The van der Waals surface area contributed by atoms with Gasteiger partial charge in [0.05, 0.1) is 18.1 Å². The van der Waals surface area contributed by atoms with Crippen molar-refractivity contribution in [3.63, 3.8) is 0 Å². The highest BCUT2D eigenvalue weighted by molar-refractivity contribution is 8.07. The Morgan fingerprint density at radius 1 is 1.14 bits per heavy atom. The average molecular weight is 367 g/mol. The summed E-state index contributed by atoms with van der Waals surface area (Å²) in [7, 11) is -0.707. The molecule has 0 unspecified atom stereocenters. The third kappa shape index (κ3) is 4.05. The van der Waals surface area contributed by atoms with Crippen molar-refractivity contribution in [2.24, 2.45) is 0 Å². The fraction of sp³-hybridized carbons (Fsp3) is 0.500. The van der Waals surface area contributed by atoms with Crippen LogP contribution in [0.15, 0.2) is 29.2 Å². The number of morpholine rings is 1. The van der Waals surface area contributed by atoms with Crippen LogP contribution in [0.5, 0.6) is 5.75 Å². The summed E-state index contributed by atoms with van der Waals surface area (Å²) >= 11 is 5.10. The maximum atomic E-state index is 12.5. The summed E-state index contributed by atoms with van der Waals surface area (Å²) in [6.45, 7) is -1.30. The summed E-state index contributed by atoms with van der Waals surface area (Å²) in [5, 5.41) is 0. The van der Waals surface area contributed by atoms with E-state index in [1.807, 2.05) is 0 Å². The molecule has 7 nitrogen and oxygen atoms in total. The van der Waals surface area contributed by atoms with Crippen LogP contribution in [-0.2, 0) is 35.6 Å². The smallest absolute Gasteiger partial charge is 0.380 e. The largest absolute Gasteiger partial charge is 0.424 e. The fourth-order valence-electron chi connectivity index (χ4n) is 1.89. The third-order valence-electron chi connectivity index (χ3n) is 3.10. The first kappa shape index (κ1) is 17.8. The quantitative estimate of drug-likeness (QED) is 0.707. The SMILES string of the molecule is COP(=S)(OC)Oc1ccc(S(=O)(=O)N2CCOCC2)cc1. The molecule has 1 saturated heterocycles. The maximum absolute atomic E-state index is 12.5. The minimum absolute atomic E-state index is 0.199. The minimum atomic E-state index is -3.52. The zero-order valence-electron chi connectivity index (χ0n) is 12.3. The van der Waals surface area contributed by atoms with Gasteiger partial charge in [-0.05, 0) is 24.3 Å². The number of hydrogen-bond acceptors (Lipinski definition) is 7. The predicted octanol–water partition coefficient (Wildman–Crippen LogP) is 1.60. The lowest BCUT2D eigenvalue weighted by Gasteiger charge is -2.26. The van der Waals surface area contributed by atoms with Crippen LogP contribution in [-0.4, -0.2) is 53.2 Å². The van der Waals surface area contributed by atoms with Crippen LogP contribution in [0.4, 0.5) is 0 Å². The van der Waals surface area contributed by atoms with Crippen molar-refractivity contribution in [1.29, 1.82) is 0 Å². The number of hydrogen-bond donors (Lipinski definition) is 0. The fourth-order valence-corrected chi connectivity index (χ4v) is 4.23. The molecule has 0 bridgehead atoms. The first-order valence-electron chi connectivity index (χ1n) is 6.50. The van der Waals surface area contributed by atoms with E-state index < -0.39 is 16.7 Å². The highest BCUT2D eigenvalue weighted by atomic mass is 32.5. The van der Waals surface area contributed by atoms with Crippen LogP contribution in [0.2, 0.25) is 0 Å². The lowest BCUT2D eigenvalue weighted by Crippen LogP contribution is -2.40. The van der Waals surface area contributed by atoms with E-state index in [1.54, 1.807) is 0 Å². The van der Waals surface area contributed by atoms with Crippen LogP contribution in [0, 0.1) is 0 Å². The number of sulfonamides is 1. The summed E-state index contributed by atoms with van der Waals surface area (Å²) in [5.74, 6) is 0.396. The zero-order chi connectivity index (χ0) is 16.2. The Hall–Kier alpha value is -0.540. The third-order valence-corrected chi connectivity index (χ3v) is 7.46. The van der Waals surface area contributed by atoms with Gasteiger partial charge in [-0.25, -0.2) is 8.42 Å². The van der Waals surface area contributed by atoms with Crippen LogP contribution in [0.1, 0.15) is 0 Å². The Balaban J connectivity index is 2.16. The maximum Gasteiger partial charge on any atom is 0.380 e. The molecule has 1 aliphatic heterocycles. The van der Waals surface area contributed by atoms with Gasteiger partial charge >= 0.3 is 6.72 Å². The molecule has 124 valence electrons. The van der Waals surface area contributed by atoms with Crippen molar-refractivity contribution in [3.05, 3.63) is 24.3 Å². The Morgan fingerprint density at radius 2 is 1.68 bits per heavy atom. The highest BCUT2D eigenvalue weighted by Gasteiger charge is 2.26. The minimum Gasteiger partial charge on any atom is -0.424 e. The predicted molar refractivity (Wildman–Crippen MR) is 85.0 cm³/mol. The van der Waals surface area contributed by atoms with Crippen molar-refractivity contribution >= 4 is 28.5 Å². The first-order chi connectivity index (χ1) is 10.4. The Labute approximate surface area is 135 Å². The summed E-state index contributed by atoms with van der Waals surface area (Å²) in [4.78, 5) is 0.199. The molecular formula is C12H18NO6PS2. The van der Waals surface area contributed by atoms with E-state index in [-0.39, 0.29) is 4.90 Å². The molecule has 1 fully saturated rings. The molecule has 0 aliphatic carbocycles. The van der Waals surface area contributed by atoms with Gasteiger partial charge in [-0.1, -0.05) is 0 Å². The second kappa shape index (κ2) is 7.35. The van der Waals surface area contributed by atoms with Gasteiger partial charge in [0.1, 0.15) is 5.75 Å². The van der Waals surface area contributed by atoms with Crippen LogP contribution >= 0.6 is 6.72 Å². The molecule has 0 aromatic heterocycles. The average Bonchev–Trinajstić information content (AvgIpc) is 2.56. The molecule has 1 aromatic carbocycles. The van der Waals surface area contributed by atoms with E-state index in [0.29, 0.717) is 32.1 Å². The second-order valence-corrected chi connectivity index (χ2v) is 9.48. The lowest BCUT2D eigenvalue weighted by molar-refractivity contribution is 0.0730. The molecular weight excluding hydrogens is 349 g/mol. The van der Waals surface area contributed by atoms with E-state index in [9.17, 15) is 8.42 Å². The Morgan fingerprint density at radius 3 is 2.18 bits per heavy atom. The molecule has 10 heteroatoms. The van der Waals surface area contributed by atoms with Crippen LogP contribution in [0.25, 0.3) is 0 Å². The van der Waals surface area contributed by atoms with Crippen LogP contribution in [0.3, 0.4) is 0 Å². The van der Waals surface area contributed by atoms with E-state index in [2.05, 4.69) is 0 Å². The monoisotopic (exact) mass is 367 g/mol. The van der Waals surface area contributed by atoms with E-state index in [4.69, 9.17) is 30.1 Å². The number of nitrogens with zero attached hydrogens (tertiary/aromatic N) is 1. The second-order valence-electron chi connectivity index (χ2n) is 4.39. The van der Waals surface area contributed by atoms with Crippen molar-refractivity contribution in [2.75, 3.05) is 40.5 Å². The van der Waals surface area contributed by atoms with E-state index in [1.165, 1.54) is 42.8 Å². The van der Waals surface area contributed by atoms with Crippen molar-refractivity contribution in [3.8, 4) is 5.75 Å². The van der Waals surface area contributed by atoms with Gasteiger partial charge in [-0.3, -0.25) is 0 Å². The molecule has 0 radical (unpaired) electrons. The number of rotatable bonds is 6. The number of benzene rings is 1. The van der Waals surface area contributed by atoms with E-state index in [0.717, 1.165) is 0 Å². The van der Waals surface area contributed by atoms with Gasteiger partial charge in [-0.15, -0.1) is 0 Å². The van der Waals surface area contributed by atoms with Crippen molar-refractivity contribution in [1.82, 2.24) is 4.31 Å². The Bertz CT molecular complexity index is 634. The van der Waals surface area contributed by atoms with Gasteiger partial charge in [0, 0.05) is 39.1 Å². The molecule has 0 saturated carbocycles. The first-order valence-corrected chi connectivity index (χ1v) is 10.5. The zero-order valence-corrected chi connectivity index (χ0v) is 14.8. The molecule has 1 aliphatic rings. The molecule has 0 N–H and O–H groups in total.